The third kappa shape index (κ3) is 3.18. The summed E-state index contributed by atoms with van der Waals surface area (Å²) >= 11 is 5.88. The Balaban J connectivity index is 2.25. The number of hydrazine groups is 1. The molecule has 98 valence electrons. The molecule has 2 aromatic rings. The third-order valence-electron chi connectivity index (χ3n) is 2.29. The Kier molecular flexibility index (Phi) is 3.94. The molecule has 0 aliphatic rings. The average molecular weight is 281 g/mol. The van der Waals surface area contributed by atoms with E-state index in [9.17, 15) is 9.18 Å². The van der Waals surface area contributed by atoms with Crippen molar-refractivity contribution in [3.8, 4) is 0 Å². The lowest BCUT2D eigenvalue weighted by molar-refractivity contribution is 0.102. The molecule has 0 radical (unpaired) electrons. The molecule has 0 fully saturated rings. The van der Waals surface area contributed by atoms with Gasteiger partial charge in [0, 0.05) is 5.69 Å². The number of hydrogen-bond donors (Lipinski definition) is 3. The van der Waals surface area contributed by atoms with Gasteiger partial charge in [0.2, 0.25) is 0 Å². The van der Waals surface area contributed by atoms with Crippen molar-refractivity contribution in [3.63, 3.8) is 0 Å². The number of nitrogens with one attached hydrogen (secondary N) is 2. The molecule has 4 N–H and O–H groups in total. The molecule has 0 saturated carbocycles. The lowest BCUT2D eigenvalue weighted by Crippen LogP contribution is -2.16. The van der Waals surface area contributed by atoms with Crippen molar-refractivity contribution in [1.82, 2.24) is 4.98 Å². The lowest BCUT2D eigenvalue weighted by Gasteiger charge is -2.07. The summed E-state index contributed by atoms with van der Waals surface area (Å²) in [6, 6.07) is 8.53. The van der Waals surface area contributed by atoms with Gasteiger partial charge in [-0.3, -0.25) is 4.79 Å². The lowest BCUT2D eigenvalue weighted by atomic mass is 10.3. The van der Waals surface area contributed by atoms with Gasteiger partial charge in [0.1, 0.15) is 17.3 Å². The minimum atomic E-state index is -0.548. The number of nitrogens with zero attached hydrogens (tertiary/aromatic N) is 1. The summed E-state index contributed by atoms with van der Waals surface area (Å²) in [6.07, 6.45) is 0. The molecule has 0 unspecified atom stereocenters. The zero-order valence-electron chi connectivity index (χ0n) is 9.65. The Bertz CT molecular complexity index is 620. The minimum absolute atomic E-state index is 0.00128. The highest BCUT2D eigenvalue weighted by Gasteiger charge is 2.13. The van der Waals surface area contributed by atoms with Crippen LogP contribution in [-0.4, -0.2) is 10.9 Å². The predicted molar refractivity (Wildman–Crippen MR) is 71.4 cm³/mol. The number of rotatable bonds is 3. The number of halogens is 2. The van der Waals surface area contributed by atoms with E-state index in [-0.39, 0.29) is 10.7 Å². The quantitative estimate of drug-likeness (QED) is 0.596. The van der Waals surface area contributed by atoms with Crippen LogP contribution in [0.25, 0.3) is 0 Å². The van der Waals surface area contributed by atoms with Gasteiger partial charge in [0.05, 0.1) is 5.02 Å². The molecule has 1 heterocycles. The Labute approximate surface area is 113 Å². The molecule has 1 aromatic heterocycles. The summed E-state index contributed by atoms with van der Waals surface area (Å²) < 4.78 is 13.0. The van der Waals surface area contributed by atoms with Gasteiger partial charge in [0.15, 0.2) is 0 Å². The summed E-state index contributed by atoms with van der Waals surface area (Å²) in [7, 11) is 0. The van der Waals surface area contributed by atoms with Gasteiger partial charge in [-0.25, -0.2) is 15.2 Å². The number of carbonyl (C=O) groups is 1. The van der Waals surface area contributed by atoms with Crippen LogP contribution in [0.4, 0.5) is 15.9 Å². The van der Waals surface area contributed by atoms with Gasteiger partial charge in [-0.1, -0.05) is 17.7 Å². The molecule has 0 bridgehead atoms. The fraction of sp³-hybridized carbons (Fsp3) is 0. The number of hydrogen-bond acceptors (Lipinski definition) is 4. The van der Waals surface area contributed by atoms with Gasteiger partial charge in [0.25, 0.3) is 5.91 Å². The molecule has 5 nitrogen and oxygen atoms in total. The van der Waals surface area contributed by atoms with Crippen LogP contribution in [0.5, 0.6) is 0 Å². The molecule has 1 amide bonds. The molecule has 0 saturated heterocycles. The fourth-order valence-electron chi connectivity index (χ4n) is 1.44. The molecule has 0 aliphatic heterocycles. The van der Waals surface area contributed by atoms with Crippen molar-refractivity contribution < 1.29 is 9.18 Å². The number of carbonyl (C=O) groups excluding carboxylic acids is 1. The third-order valence-corrected chi connectivity index (χ3v) is 2.60. The number of pyridine rings is 1. The topological polar surface area (TPSA) is 80.0 Å². The maximum atomic E-state index is 13.0. The van der Waals surface area contributed by atoms with Crippen molar-refractivity contribution in [1.29, 1.82) is 0 Å². The van der Waals surface area contributed by atoms with E-state index in [4.69, 9.17) is 17.4 Å². The highest BCUT2D eigenvalue weighted by molar-refractivity contribution is 6.34. The summed E-state index contributed by atoms with van der Waals surface area (Å²) in [5.41, 5.74) is 2.63. The van der Waals surface area contributed by atoms with Gasteiger partial charge in [-0.2, -0.15) is 0 Å². The van der Waals surface area contributed by atoms with E-state index in [0.717, 1.165) is 0 Å². The molecule has 7 heteroatoms. The summed E-state index contributed by atoms with van der Waals surface area (Å²) in [4.78, 5) is 15.9. The van der Waals surface area contributed by atoms with Gasteiger partial charge in [-0.05, 0) is 30.3 Å². The largest absolute Gasteiger partial charge is 0.321 e. The summed E-state index contributed by atoms with van der Waals surface area (Å²) in [6.45, 7) is 0. The monoisotopic (exact) mass is 280 g/mol. The van der Waals surface area contributed by atoms with Crippen LogP contribution in [0.2, 0.25) is 5.02 Å². The van der Waals surface area contributed by atoms with Crippen LogP contribution >= 0.6 is 11.6 Å². The molecule has 19 heavy (non-hydrogen) atoms. The van der Waals surface area contributed by atoms with Crippen LogP contribution < -0.4 is 16.6 Å². The average Bonchev–Trinajstić information content (AvgIpc) is 2.39. The molecule has 0 atom stereocenters. The van der Waals surface area contributed by atoms with Crippen molar-refractivity contribution >= 4 is 29.0 Å². The number of aromatic nitrogens is 1. The van der Waals surface area contributed by atoms with E-state index < -0.39 is 11.7 Å². The van der Waals surface area contributed by atoms with E-state index in [1.807, 2.05) is 0 Å². The second-order valence-corrected chi connectivity index (χ2v) is 4.04. The molecule has 0 spiro atoms. The van der Waals surface area contributed by atoms with Crippen molar-refractivity contribution in [3.05, 3.63) is 52.9 Å². The van der Waals surface area contributed by atoms with E-state index in [0.29, 0.717) is 11.5 Å². The second kappa shape index (κ2) is 5.64. The molecule has 1 aromatic carbocycles. The van der Waals surface area contributed by atoms with Crippen LogP contribution in [-0.2, 0) is 0 Å². The van der Waals surface area contributed by atoms with E-state index in [1.54, 1.807) is 6.07 Å². The van der Waals surface area contributed by atoms with Crippen LogP contribution in [0.3, 0.4) is 0 Å². The van der Waals surface area contributed by atoms with E-state index in [1.165, 1.54) is 30.3 Å². The smallest absolute Gasteiger partial charge is 0.275 e. The SMILES string of the molecule is NNc1ccc(Cl)c(C(=O)Nc2cccc(F)c2)n1. The van der Waals surface area contributed by atoms with Crippen LogP contribution in [0, 0.1) is 5.82 Å². The first-order valence-electron chi connectivity index (χ1n) is 5.30. The molecular formula is C12H10ClFN4O. The van der Waals surface area contributed by atoms with E-state index in [2.05, 4.69) is 15.7 Å². The van der Waals surface area contributed by atoms with Crippen molar-refractivity contribution in [2.75, 3.05) is 10.7 Å². The minimum Gasteiger partial charge on any atom is -0.321 e. The molecule has 0 aliphatic carbocycles. The highest BCUT2D eigenvalue weighted by Crippen LogP contribution is 2.18. The Morgan fingerprint density at radius 2 is 2.11 bits per heavy atom. The normalized spacial score (nSPS) is 10.1. The first-order chi connectivity index (χ1) is 9.10. The van der Waals surface area contributed by atoms with E-state index >= 15 is 0 Å². The van der Waals surface area contributed by atoms with Gasteiger partial charge < -0.3 is 10.7 Å². The fourth-order valence-corrected chi connectivity index (χ4v) is 1.63. The first kappa shape index (κ1) is 13.3. The second-order valence-electron chi connectivity index (χ2n) is 3.64. The maximum absolute atomic E-state index is 13.0. The Morgan fingerprint density at radius 1 is 1.32 bits per heavy atom. The first-order valence-corrected chi connectivity index (χ1v) is 5.68. The zero-order chi connectivity index (χ0) is 13.8. The number of nitrogen functional groups attached to an aromatic ring is 1. The molecule has 2 rings (SSSR count). The number of anilines is 2. The summed E-state index contributed by atoms with van der Waals surface area (Å²) in [5.74, 6) is 4.51. The molecular weight excluding hydrogens is 271 g/mol. The van der Waals surface area contributed by atoms with Crippen molar-refractivity contribution in [2.45, 2.75) is 0 Å². The zero-order valence-corrected chi connectivity index (χ0v) is 10.4. The number of amides is 1. The van der Waals surface area contributed by atoms with Crippen molar-refractivity contribution in [2.24, 2.45) is 5.84 Å². The van der Waals surface area contributed by atoms with Crippen LogP contribution in [0.15, 0.2) is 36.4 Å². The number of benzene rings is 1. The highest BCUT2D eigenvalue weighted by atomic mass is 35.5. The van der Waals surface area contributed by atoms with Crippen LogP contribution in [0.1, 0.15) is 10.5 Å². The Morgan fingerprint density at radius 3 is 2.79 bits per heavy atom. The Hall–Kier alpha value is -2.18. The predicted octanol–water partition coefficient (Wildman–Crippen LogP) is 2.41. The summed E-state index contributed by atoms with van der Waals surface area (Å²) in [5, 5.41) is 2.67. The maximum Gasteiger partial charge on any atom is 0.275 e. The number of nitrogens with two attached hydrogens (primary N) is 1. The van der Waals surface area contributed by atoms with Gasteiger partial charge in [-0.15, -0.1) is 0 Å². The van der Waals surface area contributed by atoms with Gasteiger partial charge >= 0.3 is 0 Å². The standard InChI is InChI=1S/C12H10ClFN4O/c13-9-4-5-10(18-15)17-11(9)12(19)16-8-3-1-2-7(14)6-8/h1-6H,15H2,(H,16,19)(H,17,18).